The first kappa shape index (κ1) is 28.6. The molecule has 1 aliphatic rings. The molecule has 1 aromatic heterocycles. The van der Waals surface area contributed by atoms with Gasteiger partial charge in [-0.2, -0.15) is 4.98 Å². The van der Waals surface area contributed by atoms with Crippen LogP contribution >= 0.6 is 23.4 Å². The van der Waals surface area contributed by atoms with Gasteiger partial charge >= 0.3 is 5.97 Å². The molecule has 10 heteroatoms. The topological polar surface area (TPSA) is 87.5 Å². The van der Waals surface area contributed by atoms with Crippen molar-refractivity contribution in [1.29, 1.82) is 0 Å². The molecule has 0 aliphatic carbocycles. The predicted octanol–water partition coefficient (Wildman–Crippen LogP) is 7.05. The van der Waals surface area contributed by atoms with Gasteiger partial charge in [0.1, 0.15) is 19.3 Å². The van der Waals surface area contributed by atoms with Crippen molar-refractivity contribution in [2.24, 2.45) is 0 Å². The van der Waals surface area contributed by atoms with Crippen LogP contribution in [0.5, 0.6) is 11.5 Å². The normalized spacial score (nSPS) is 14.3. The van der Waals surface area contributed by atoms with Crippen LogP contribution in [0.1, 0.15) is 43.0 Å². The molecule has 0 saturated heterocycles. The molecule has 1 aliphatic heterocycles. The Bertz CT molecular complexity index is 1560. The highest BCUT2D eigenvalue weighted by molar-refractivity contribution is 7.99. The molecule has 1 N–H and O–H groups in total. The number of ether oxygens (including phenoxy) is 3. The van der Waals surface area contributed by atoms with Gasteiger partial charge in [-0.25, -0.2) is 9.48 Å². The number of rotatable bonds is 11. The van der Waals surface area contributed by atoms with E-state index >= 15 is 0 Å². The number of fused-ring (bicyclic) bond motifs is 1. The first-order valence-electron chi connectivity index (χ1n) is 13.3. The molecular weight excluding hydrogens is 560 g/mol. The highest BCUT2D eigenvalue weighted by atomic mass is 35.5. The number of halogens is 1. The van der Waals surface area contributed by atoms with E-state index in [4.69, 9.17) is 30.9 Å². The van der Waals surface area contributed by atoms with Crippen LogP contribution in [-0.4, -0.2) is 33.6 Å². The van der Waals surface area contributed by atoms with Crippen LogP contribution in [0.3, 0.4) is 0 Å². The van der Waals surface area contributed by atoms with Crippen molar-refractivity contribution in [3.8, 4) is 11.5 Å². The number of nitrogens with zero attached hydrogens (tertiary/aromatic N) is 3. The maximum atomic E-state index is 13.6. The molecule has 41 heavy (non-hydrogen) atoms. The number of allylic oxidation sites excluding steroid dienone is 1. The lowest BCUT2D eigenvalue weighted by Crippen LogP contribution is -2.29. The van der Waals surface area contributed by atoms with E-state index in [0.717, 1.165) is 28.9 Å². The van der Waals surface area contributed by atoms with Gasteiger partial charge in [0.2, 0.25) is 11.1 Å². The van der Waals surface area contributed by atoms with Gasteiger partial charge in [-0.3, -0.25) is 0 Å². The minimum atomic E-state index is -0.589. The first-order chi connectivity index (χ1) is 20.0. The van der Waals surface area contributed by atoms with E-state index in [1.807, 2.05) is 79.7 Å². The third kappa shape index (κ3) is 6.69. The fourth-order valence-corrected chi connectivity index (χ4v) is 5.42. The highest BCUT2D eigenvalue weighted by Gasteiger charge is 2.36. The molecule has 1 unspecified atom stereocenters. The first-order valence-corrected chi connectivity index (χ1v) is 14.7. The van der Waals surface area contributed by atoms with Gasteiger partial charge in [-0.1, -0.05) is 78.8 Å². The summed E-state index contributed by atoms with van der Waals surface area (Å²) < 4.78 is 19.3. The van der Waals surface area contributed by atoms with Crippen LogP contribution in [0.15, 0.2) is 89.2 Å². The number of nitrogens with one attached hydrogen (secondary N) is 1. The molecule has 0 radical (unpaired) electrons. The minimum absolute atomic E-state index is 0.157. The molecule has 2 heterocycles. The lowest BCUT2D eigenvalue weighted by Gasteiger charge is -2.28. The number of benzene rings is 3. The molecule has 0 amide bonds. The number of methoxy groups -OCH3 is 1. The zero-order valence-electron chi connectivity index (χ0n) is 23.1. The van der Waals surface area contributed by atoms with Crippen LogP contribution in [0, 0.1) is 0 Å². The van der Waals surface area contributed by atoms with E-state index in [1.54, 1.807) is 23.6 Å². The Morgan fingerprint density at radius 1 is 1.02 bits per heavy atom. The van der Waals surface area contributed by atoms with E-state index < -0.39 is 12.0 Å². The van der Waals surface area contributed by atoms with Crippen molar-refractivity contribution in [3.63, 3.8) is 0 Å². The van der Waals surface area contributed by atoms with Gasteiger partial charge < -0.3 is 19.5 Å². The van der Waals surface area contributed by atoms with Gasteiger partial charge in [0, 0.05) is 16.5 Å². The summed E-state index contributed by atoms with van der Waals surface area (Å²) in [4.78, 5) is 18.3. The SMILES string of the molecule is CCCSc1nc2n(n1)C(c1ccc(OCc3cccc(Cl)c3)c(OC)c1)C(C(=O)OCc1ccccc1)=C(C)N2. The molecule has 0 fully saturated rings. The van der Waals surface area contributed by atoms with Crippen molar-refractivity contribution in [3.05, 3.63) is 106 Å². The third-order valence-electron chi connectivity index (χ3n) is 6.49. The Morgan fingerprint density at radius 2 is 1.83 bits per heavy atom. The second kappa shape index (κ2) is 13.1. The standard InChI is InChI=1S/C31H31ClN4O4S/c1-4-15-41-31-34-30-33-20(2)27(29(37)40-18-21-9-6-5-7-10-21)28(36(30)35-31)23-13-14-25(26(17-23)38-3)39-19-22-11-8-12-24(32)16-22/h5-14,16-17,28H,4,15,18-19H2,1-3H3,(H,33,34,35). The number of thioether (sulfide) groups is 1. The number of hydrogen-bond donors (Lipinski definition) is 1. The van der Waals surface area contributed by atoms with Crippen LogP contribution in [0.2, 0.25) is 5.02 Å². The van der Waals surface area contributed by atoms with Crippen molar-refractivity contribution < 1.29 is 19.0 Å². The number of anilines is 1. The summed E-state index contributed by atoms with van der Waals surface area (Å²) in [5.74, 6) is 2.11. The van der Waals surface area contributed by atoms with E-state index in [0.29, 0.717) is 45.5 Å². The molecule has 0 spiro atoms. The van der Waals surface area contributed by atoms with Crippen LogP contribution in [0.4, 0.5) is 5.95 Å². The van der Waals surface area contributed by atoms with Crippen molar-refractivity contribution >= 4 is 35.3 Å². The monoisotopic (exact) mass is 590 g/mol. The second-order valence-corrected chi connectivity index (χ2v) is 11.0. The van der Waals surface area contributed by atoms with Crippen LogP contribution in [-0.2, 0) is 22.7 Å². The molecule has 8 nitrogen and oxygen atoms in total. The summed E-state index contributed by atoms with van der Waals surface area (Å²) in [5.41, 5.74) is 3.72. The fraction of sp³-hybridized carbons (Fsp3) is 0.258. The maximum absolute atomic E-state index is 13.6. The predicted molar refractivity (Wildman–Crippen MR) is 161 cm³/mol. The molecule has 0 saturated carbocycles. The number of carbonyl (C=O) groups excluding carboxylic acids is 1. The van der Waals surface area contributed by atoms with Gasteiger partial charge in [-0.15, -0.1) is 5.10 Å². The van der Waals surface area contributed by atoms with Gasteiger partial charge in [0.25, 0.3) is 0 Å². The van der Waals surface area contributed by atoms with Crippen LogP contribution < -0.4 is 14.8 Å². The Labute approximate surface area is 248 Å². The van der Waals surface area contributed by atoms with Crippen LogP contribution in [0.25, 0.3) is 0 Å². The number of aromatic nitrogens is 3. The summed E-state index contributed by atoms with van der Waals surface area (Å²) in [6, 6.07) is 22.1. The Hall–Kier alpha value is -3.95. The van der Waals surface area contributed by atoms with Crippen molar-refractivity contribution in [2.75, 3.05) is 18.2 Å². The van der Waals surface area contributed by atoms with E-state index in [9.17, 15) is 4.79 Å². The summed E-state index contributed by atoms with van der Waals surface area (Å²) in [7, 11) is 1.59. The van der Waals surface area contributed by atoms with E-state index in [1.165, 1.54) is 0 Å². The average Bonchev–Trinajstić information content (AvgIpc) is 3.39. The van der Waals surface area contributed by atoms with Crippen molar-refractivity contribution in [1.82, 2.24) is 14.8 Å². The van der Waals surface area contributed by atoms with E-state index in [-0.39, 0.29) is 6.61 Å². The molecule has 212 valence electrons. The van der Waals surface area contributed by atoms with Gasteiger partial charge in [-0.05, 0) is 54.3 Å². The summed E-state index contributed by atoms with van der Waals surface area (Å²) in [6.07, 6.45) is 0.994. The summed E-state index contributed by atoms with van der Waals surface area (Å²) >= 11 is 7.70. The zero-order chi connectivity index (χ0) is 28.8. The zero-order valence-corrected chi connectivity index (χ0v) is 24.7. The second-order valence-electron chi connectivity index (χ2n) is 9.47. The summed E-state index contributed by atoms with van der Waals surface area (Å²) in [5, 5.41) is 9.31. The van der Waals surface area contributed by atoms with Gasteiger partial charge in [0.05, 0.1) is 12.7 Å². The Kier molecular flexibility index (Phi) is 9.16. The maximum Gasteiger partial charge on any atom is 0.338 e. The largest absolute Gasteiger partial charge is 0.493 e. The third-order valence-corrected chi connectivity index (χ3v) is 7.77. The molecule has 3 aromatic carbocycles. The number of carbonyl (C=O) groups is 1. The highest BCUT2D eigenvalue weighted by Crippen LogP contribution is 2.40. The van der Waals surface area contributed by atoms with E-state index in [2.05, 4.69) is 17.2 Å². The fourth-order valence-electron chi connectivity index (χ4n) is 4.52. The van der Waals surface area contributed by atoms with Crippen molar-refractivity contribution in [2.45, 2.75) is 44.7 Å². The van der Waals surface area contributed by atoms with Gasteiger partial charge in [0.15, 0.2) is 11.5 Å². The lowest BCUT2D eigenvalue weighted by atomic mass is 9.95. The molecule has 4 aromatic rings. The Morgan fingerprint density at radius 3 is 2.59 bits per heavy atom. The minimum Gasteiger partial charge on any atom is -0.493 e. The molecule has 0 bridgehead atoms. The summed E-state index contributed by atoms with van der Waals surface area (Å²) in [6.45, 7) is 4.44. The number of esters is 1. The quantitative estimate of drug-likeness (QED) is 0.147. The smallest absolute Gasteiger partial charge is 0.338 e. The average molecular weight is 591 g/mol. The number of hydrogen-bond acceptors (Lipinski definition) is 8. The molecule has 5 rings (SSSR count). The molecule has 1 atom stereocenters. The lowest BCUT2D eigenvalue weighted by molar-refractivity contribution is -0.140. The molecular formula is C31H31ClN4O4S. The Balaban J connectivity index is 1.47.